The molecular weight excluding hydrogens is 382 g/mol. The molecule has 0 aliphatic carbocycles. The minimum Gasteiger partial charge on any atom is -0.333 e. The maximum Gasteiger partial charge on any atom is 0.166 e. The van der Waals surface area contributed by atoms with Crippen LogP contribution in [0.25, 0.3) is 11.0 Å². The number of para-hydroxylation sites is 2. The van der Waals surface area contributed by atoms with E-state index in [9.17, 15) is 0 Å². The largest absolute Gasteiger partial charge is 0.333 e. The summed E-state index contributed by atoms with van der Waals surface area (Å²) in [6.07, 6.45) is 1.87. The Hall–Kier alpha value is -1.95. The average Bonchev–Trinajstić information content (AvgIpc) is 3.07. The summed E-state index contributed by atoms with van der Waals surface area (Å²) in [5, 5.41) is 1.67. The maximum atomic E-state index is 5.97. The van der Waals surface area contributed by atoms with Crippen LogP contribution in [0.1, 0.15) is 11.3 Å². The van der Waals surface area contributed by atoms with Gasteiger partial charge in [-0.05, 0) is 55.0 Å². The third-order valence-corrected chi connectivity index (χ3v) is 6.32. The van der Waals surface area contributed by atoms with E-state index in [0.29, 0.717) is 0 Å². The molecule has 0 aliphatic rings. The van der Waals surface area contributed by atoms with Gasteiger partial charge in [0.05, 0.1) is 16.7 Å². The Morgan fingerprint density at radius 3 is 2.65 bits per heavy atom. The molecule has 4 aromatic rings. The lowest BCUT2D eigenvalue weighted by atomic mass is 10.2. The van der Waals surface area contributed by atoms with E-state index >= 15 is 0 Å². The highest BCUT2D eigenvalue weighted by molar-refractivity contribution is 7.99. The molecule has 0 amide bonds. The van der Waals surface area contributed by atoms with Crippen molar-refractivity contribution < 1.29 is 0 Å². The molecule has 0 spiro atoms. The number of H-pyrrole nitrogens is 1. The van der Waals surface area contributed by atoms with Gasteiger partial charge in [0.1, 0.15) is 0 Å². The Morgan fingerprint density at radius 1 is 1.04 bits per heavy atom. The van der Waals surface area contributed by atoms with E-state index in [-0.39, 0.29) is 0 Å². The van der Waals surface area contributed by atoms with E-state index < -0.39 is 0 Å². The number of hydrogen-bond acceptors (Lipinski definition) is 4. The van der Waals surface area contributed by atoms with Crippen molar-refractivity contribution in [3.63, 3.8) is 0 Å². The first-order chi connectivity index (χ1) is 12.7. The molecule has 26 heavy (non-hydrogen) atoms. The number of fused-ring (bicyclic) bond motifs is 1. The van der Waals surface area contributed by atoms with Gasteiger partial charge >= 0.3 is 0 Å². The van der Waals surface area contributed by atoms with Gasteiger partial charge in [-0.15, -0.1) is 0 Å². The van der Waals surface area contributed by atoms with Crippen molar-refractivity contribution >= 4 is 46.2 Å². The van der Waals surface area contributed by atoms with Gasteiger partial charge in [-0.2, -0.15) is 0 Å². The van der Waals surface area contributed by atoms with Crippen LogP contribution < -0.4 is 0 Å². The van der Waals surface area contributed by atoms with Gasteiger partial charge in [-0.3, -0.25) is 4.98 Å². The topological polar surface area (TPSA) is 41.6 Å². The second kappa shape index (κ2) is 7.74. The highest BCUT2D eigenvalue weighted by atomic mass is 35.5. The Morgan fingerprint density at radius 2 is 1.85 bits per heavy atom. The highest BCUT2D eigenvalue weighted by Crippen LogP contribution is 2.33. The molecule has 0 aliphatic heterocycles. The first-order valence-electron chi connectivity index (χ1n) is 8.14. The third-order valence-electron chi connectivity index (χ3n) is 4.01. The van der Waals surface area contributed by atoms with Gasteiger partial charge in [0.15, 0.2) is 5.16 Å². The molecule has 1 N–H and O–H groups in total. The minimum atomic E-state index is 0.753. The maximum absolute atomic E-state index is 5.97. The Balaban J connectivity index is 1.50. The molecule has 0 saturated heterocycles. The van der Waals surface area contributed by atoms with Crippen molar-refractivity contribution in [3.05, 3.63) is 77.1 Å². The number of nitrogens with zero attached hydrogens (tertiary/aromatic N) is 2. The van der Waals surface area contributed by atoms with Gasteiger partial charge in [0, 0.05) is 26.8 Å². The van der Waals surface area contributed by atoms with Crippen LogP contribution >= 0.6 is 35.1 Å². The van der Waals surface area contributed by atoms with Crippen LogP contribution in [0.5, 0.6) is 0 Å². The Kier molecular flexibility index (Phi) is 5.20. The molecule has 2 heterocycles. The summed E-state index contributed by atoms with van der Waals surface area (Å²) in [7, 11) is 0. The van der Waals surface area contributed by atoms with Gasteiger partial charge < -0.3 is 4.98 Å². The van der Waals surface area contributed by atoms with E-state index in [4.69, 9.17) is 11.6 Å². The number of hydrogen-bond donors (Lipinski definition) is 1. The molecule has 2 aromatic heterocycles. The quantitative estimate of drug-likeness (QED) is 0.397. The zero-order chi connectivity index (χ0) is 17.9. The van der Waals surface area contributed by atoms with Crippen molar-refractivity contribution in [1.29, 1.82) is 0 Å². The molecular formula is C20H16ClN3S2. The van der Waals surface area contributed by atoms with Crippen molar-refractivity contribution in [3.8, 4) is 0 Å². The van der Waals surface area contributed by atoms with Crippen LogP contribution in [0.2, 0.25) is 5.02 Å². The van der Waals surface area contributed by atoms with Gasteiger partial charge in [0.2, 0.25) is 0 Å². The molecule has 0 radical (unpaired) electrons. The first-order valence-corrected chi connectivity index (χ1v) is 10.3. The first kappa shape index (κ1) is 17.5. The summed E-state index contributed by atoms with van der Waals surface area (Å²) < 4.78 is 0. The van der Waals surface area contributed by atoms with Crippen molar-refractivity contribution in [2.24, 2.45) is 0 Å². The van der Waals surface area contributed by atoms with Crippen molar-refractivity contribution in [2.45, 2.75) is 27.6 Å². The summed E-state index contributed by atoms with van der Waals surface area (Å²) in [6, 6.07) is 18.0. The smallest absolute Gasteiger partial charge is 0.166 e. The number of aromatic amines is 1. The van der Waals surface area contributed by atoms with E-state index in [0.717, 1.165) is 32.7 Å². The van der Waals surface area contributed by atoms with Crippen LogP contribution in [-0.2, 0) is 5.75 Å². The zero-order valence-electron chi connectivity index (χ0n) is 14.1. The van der Waals surface area contributed by atoms with Gasteiger partial charge in [-0.25, -0.2) is 4.98 Å². The lowest BCUT2D eigenvalue weighted by Gasteiger charge is -2.09. The number of rotatable bonds is 5. The van der Waals surface area contributed by atoms with Crippen LogP contribution in [0.15, 0.2) is 75.7 Å². The number of halogens is 1. The van der Waals surface area contributed by atoms with Crippen LogP contribution in [0, 0.1) is 6.92 Å². The number of thioether (sulfide) groups is 1. The van der Waals surface area contributed by atoms with Crippen LogP contribution in [-0.4, -0.2) is 15.0 Å². The molecule has 0 saturated carbocycles. The summed E-state index contributed by atoms with van der Waals surface area (Å²) in [4.78, 5) is 14.9. The van der Waals surface area contributed by atoms with Crippen LogP contribution in [0.4, 0.5) is 0 Å². The standard InChI is InChI=1S/C20H16ClN3S2/c1-13-18(12-25-20-23-16-4-2-3-5-17(16)24-20)22-11-10-19(13)26-15-8-6-14(21)7-9-15/h2-11H,12H2,1H3,(H,23,24). The molecule has 2 aromatic carbocycles. The van der Waals surface area contributed by atoms with Crippen molar-refractivity contribution in [1.82, 2.24) is 15.0 Å². The minimum absolute atomic E-state index is 0.753. The summed E-state index contributed by atoms with van der Waals surface area (Å²) in [5.41, 5.74) is 4.34. The fourth-order valence-corrected chi connectivity index (χ4v) is 4.54. The SMILES string of the molecule is Cc1c(Sc2ccc(Cl)cc2)ccnc1CSc1nc2ccccc2[nH]1. The zero-order valence-corrected chi connectivity index (χ0v) is 16.5. The normalized spacial score (nSPS) is 11.2. The number of imidazole rings is 1. The second-order valence-corrected chi connectivity index (χ2v) is 8.30. The molecule has 130 valence electrons. The third kappa shape index (κ3) is 3.90. The van der Waals surface area contributed by atoms with E-state index in [1.54, 1.807) is 23.5 Å². The predicted octanol–water partition coefficient (Wildman–Crippen LogP) is 6.36. The molecule has 0 bridgehead atoms. The van der Waals surface area contributed by atoms with E-state index in [1.807, 2.05) is 54.7 Å². The molecule has 6 heteroatoms. The number of nitrogens with one attached hydrogen (secondary N) is 1. The van der Waals surface area contributed by atoms with E-state index in [2.05, 4.69) is 27.9 Å². The average molecular weight is 398 g/mol. The van der Waals surface area contributed by atoms with Crippen molar-refractivity contribution in [2.75, 3.05) is 0 Å². The highest BCUT2D eigenvalue weighted by Gasteiger charge is 2.09. The second-order valence-electron chi connectivity index (χ2n) is 5.78. The predicted molar refractivity (Wildman–Crippen MR) is 110 cm³/mol. The number of aromatic nitrogens is 3. The van der Waals surface area contributed by atoms with E-state index in [1.165, 1.54) is 15.4 Å². The summed E-state index contributed by atoms with van der Waals surface area (Å²) >= 11 is 9.37. The fourth-order valence-electron chi connectivity index (χ4n) is 2.58. The Bertz CT molecular complexity index is 1010. The summed E-state index contributed by atoms with van der Waals surface area (Å²) in [5.74, 6) is 0.778. The molecule has 0 unspecified atom stereocenters. The molecule has 0 fully saturated rings. The Labute approximate surface area is 165 Å². The lowest BCUT2D eigenvalue weighted by Crippen LogP contribution is -1.94. The van der Waals surface area contributed by atoms with Gasteiger partial charge in [0.25, 0.3) is 0 Å². The molecule has 3 nitrogen and oxygen atoms in total. The monoisotopic (exact) mass is 397 g/mol. The lowest BCUT2D eigenvalue weighted by molar-refractivity contribution is 1.05. The number of benzene rings is 2. The molecule has 4 rings (SSSR count). The molecule has 0 atom stereocenters. The fraction of sp³-hybridized carbons (Fsp3) is 0.100. The van der Waals surface area contributed by atoms with Gasteiger partial charge in [-0.1, -0.05) is 47.3 Å². The summed E-state index contributed by atoms with van der Waals surface area (Å²) in [6.45, 7) is 2.12. The van der Waals surface area contributed by atoms with Crippen LogP contribution in [0.3, 0.4) is 0 Å². The number of pyridine rings is 1.